The molecule has 0 radical (unpaired) electrons. The number of alkyl halides is 12. The van der Waals surface area contributed by atoms with E-state index in [-0.39, 0.29) is 29.7 Å². The van der Waals surface area contributed by atoms with Gasteiger partial charge in [-0.1, -0.05) is 139 Å². The number of benzene rings is 7. The van der Waals surface area contributed by atoms with Crippen molar-refractivity contribution in [1.29, 1.82) is 0 Å². The Hall–Kier alpha value is -8.24. The summed E-state index contributed by atoms with van der Waals surface area (Å²) in [6, 6.07) is 72.6. The number of hydrogen-bond donors (Lipinski definition) is 0. The van der Waals surface area contributed by atoms with Crippen LogP contribution in [0.3, 0.4) is 0 Å². The summed E-state index contributed by atoms with van der Waals surface area (Å²) in [6.45, 7) is 26.4. The Bertz CT molecular complexity index is 4640. The maximum Gasteiger partial charge on any atom is 0.0270 e. The summed E-state index contributed by atoms with van der Waals surface area (Å²) in [5.74, 6) is 0. The predicted octanol–water partition coefficient (Wildman–Crippen LogP) is 30.0. The zero-order valence-corrected chi connectivity index (χ0v) is 71.6. The van der Waals surface area contributed by atoms with Crippen LogP contribution >= 0.6 is 57.1 Å². The smallest absolute Gasteiger partial charge is 0.0270 e. The fraction of sp³-hybridized carbons (Fsp3) is 0.264. The van der Waals surface area contributed by atoms with Gasteiger partial charge in [-0.05, 0) is 257 Å². The van der Waals surface area contributed by atoms with Crippen LogP contribution in [-0.2, 0) is 38.2 Å². The van der Waals surface area contributed by atoms with E-state index in [0.29, 0.717) is 26.6 Å². The number of thiophene rings is 4. The number of rotatable bonds is 3. The molecule has 112 heavy (non-hydrogen) atoms. The minimum Gasteiger partial charge on any atom is -0.265 e. The van der Waals surface area contributed by atoms with Gasteiger partial charge in [0.25, 0.3) is 0 Å². The van der Waals surface area contributed by atoms with Gasteiger partial charge in [-0.2, -0.15) is 52.7 Å². The molecule has 21 heteroatoms. The van der Waals surface area contributed by atoms with Gasteiger partial charge in [-0.15, -0.1) is 57.1 Å². The summed E-state index contributed by atoms with van der Waals surface area (Å²) in [5.41, 5.74) is 4.02. The maximum atomic E-state index is 12.3. The van der Waals surface area contributed by atoms with E-state index < -0.39 is 47.0 Å². The van der Waals surface area contributed by atoms with Crippen molar-refractivity contribution in [2.24, 2.45) is 7.05 Å². The number of nitrogens with zero attached hydrogens (tertiary/aromatic N) is 3. The SMILES string of the molecule is CCc1cc(C(F)(F)F)cc(C(F)(F)F)c1.CN1CCCC1.CSc1ccccc1.Cc1cc(C(F)(F)F)cc(C(F)(F)F)c1.Cc1ccc(-c2cccs2)s1.Cc1ccc(C)cc1.Cc1ccc(C)s1.Cc1ccc2c3ccccc3n(C)c2c1.Cc1ccc[se]1.Cc1ccccc1.Cc1cccs1.Cc1ccncc1. The van der Waals surface area contributed by atoms with E-state index in [9.17, 15) is 52.7 Å². The Morgan fingerprint density at radius 2 is 0.830 bits per heavy atom. The predicted molar refractivity (Wildman–Crippen MR) is 457 cm³/mol. The number of halogens is 12. The first-order valence-corrected chi connectivity index (χ1v) is 42.1. The number of thioether (sulfide) groups is 1. The molecule has 0 bridgehead atoms. The number of aryl methyl sites for hydroxylation is 13. The second kappa shape index (κ2) is 49.4. The summed E-state index contributed by atoms with van der Waals surface area (Å²) in [6.07, 6.45) is -10.4. The van der Waals surface area contributed by atoms with Gasteiger partial charge in [-0.25, -0.2) is 0 Å². The zero-order valence-electron chi connectivity index (χ0n) is 65.8. The molecule has 598 valence electrons. The second-order valence-corrected chi connectivity index (χ2v) is 34.0. The molecule has 3 nitrogen and oxygen atoms in total. The molecule has 0 spiro atoms. The van der Waals surface area contributed by atoms with Crippen molar-refractivity contribution in [1.82, 2.24) is 14.5 Å². The normalized spacial score (nSPS) is 11.4. The number of hydrogen-bond acceptors (Lipinski definition) is 7. The Balaban J connectivity index is 0.000000262. The van der Waals surface area contributed by atoms with Crippen molar-refractivity contribution in [3.63, 3.8) is 0 Å². The minimum absolute atomic E-state index is 0.0159. The molecule has 8 heterocycles. The molecule has 0 atom stereocenters. The molecule has 0 unspecified atom stereocenters. The number of para-hydroxylation sites is 1. The van der Waals surface area contributed by atoms with Crippen LogP contribution in [0.25, 0.3) is 31.6 Å². The number of fused-ring (bicyclic) bond motifs is 3. The van der Waals surface area contributed by atoms with Crippen molar-refractivity contribution in [2.75, 3.05) is 26.4 Å². The summed E-state index contributed by atoms with van der Waals surface area (Å²) < 4.78 is 151. The standard InChI is InChI=1S/C14H13N.C10H8F6.C9H6F6.C9H8S2.C8H10.C7H8S.C7H8.C6H7N.C6H8S.C5H11N.C5H6S.C5H6Se/c1-10-7-8-12-11-5-3-4-6-13(11)15(2)14(12)9-10;1-2-6-3-7(9(11,12)13)5-8(4-6)10(14,15)16;1-5-2-6(8(10,11)12)4-7(3-5)9(13,14)15;1-7-4-5-9(11-7)8-3-2-6-10-8;1-7-3-5-8(2)6-4-7;1-8-7-5-3-2-4-6-7;1-7-5-3-2-4-6-7;1-6-2-4-7-5-3-6;1-5-3-4-6(2)7-5;1-6-4-2-3-5-6;2*1-5-3-2-4-6-5/h3-9H,1-2H3;3-5H,2H2,1H3;2-4H,1H3;2-6H,1H3;3-6H,1-2H3;2-6H,1H3;2-6H,1H3;2-5H,1H3;3-4H,1-2H3;2-5H2,1H3;2*2-4H,1H3. The van der Waals surface area contributed by atoms with Gasteiger partial charge in [0.2, 0.25) is 0 Å². The van der Waals surface area contributed by atoms with Crippen molar-refractivity contribution in [2.45, 2.75) is 132 Å². The molecule has 14 aromatic rings. The first-order chi connectivity index (χ1) is 52.9. The van der Waals surface area contributed by atoms with Crippen molar-refractivity contribution in [3.05, 3.63) is 350 Å². The van der Waals surface area contributed by atoms with Crippen molar-refractivity contribution in [3.8, 4) is 9.75 Å². The van der Waals surface area contributed by atoms with Crippen LogP contribution < -0.4 is 0 Å². The molecular weight excluding hydrogens is 1600 g/mol. The van der Waals surface area contributed by atoms with E-state index in [0.717, 1.165) is 12.1 Å². The van der Waals surface area contributed by atoms with E-state index in [1.807, 2.05) is 78.1 Å². The first-order valence-electron chi connectivity index (χ1n) is 35.7. The molecular formula is C91H99F12N3S5Se. The molecule has 0 amide bonds. The van der Waals surface area contributed by atoms with Gasteiger partial charge in [0.05, 0.1) is 22.3 Å². The molecule has 0 aliphatic carbocycles. The van der Waals surface area contributed by atoms with Crippen molar-refractivity contribution < 1.29 is 52.7 Å². The van der Waals surface area contributed by atoms with Crippen LogP contribution in [0, 0.1) is 76.2 Å². The van der Waals surface area contributed by atoms with E-state index in [2.05, 4.69) is 264 Å². The molecule has 7 aromatic heterocycles. The third-order valence-electron chi connectivity index (χ3n) is 15.9. The van der Waals surface area contributed by atoms with Crippen LogP contribution in [0.4, 0.5) is 52.7 Å². The summed E-state index contributed by atoms with van der Waals surface area (Å²) in [5, 5.41) is 6.88. The second-order valence-electron chi connectivity index (χ2n) is 25.8. The van der Waals surface area contributed by atoms with Crippen LogP contribution in [0.5, 0.6) is 0 Å². The maximum absolute atomic E-state index is 12.3. The van der Waals surface area contributed by atoms with Gasteiger partial charge < -0.3 is 9.47 Å². The Morgan fingerprint density at radius 1 is 0.384 bits per heavy atom. The monoisotopic (exact) mass is 1700 g/mol. The van der Waals surface area contributed by atoms with Gasteiger partial charge >= 0.3 is 67.6 Å². The van der Waals surface area contributed by atoms with E-state index in [1.54, 1.807) is 46.8 Å². The molecule has 1 saturated heterocycles. The first kappa shape index (κ1) is 96.1. The third kappa shape index (κ3) is 38.5. The Labute approximate surface area is 680 Å². The molecule has 0 N–H and O–H groups in total. The van der Waals surface area contributed by atoms with Crippen LogP contribution in [0.15, 0.2) is 270 Å². The van der Waals surface area contributed by atoms with Crippen molar-refractivity contribution >= 4 is 93.4 Å². The fourth-order valence-electron chi connectivity index (χ4n) is 9.90. The minimum atomic E-state index is -4.76. The molecule has 1 fully saturated rings. The summed E-state index contributed by atoms with van der Waals surface area (Å²) in [7, 11) is 4.30. The van der Waals surface area contributed by atoms with Crippen LogP contribution in [0.2, 0.25) is 0 Å². The molecule has 7 aromatic carbocycles. The molecule has 15 rings (SSSR count). The molecule has 1 aliphatic heterocycles. The number of likely N-dealkylation sites (tertiary alicyclic amines) is 1. The summed E-state index contributed by atoms with van der Waals surface area (Å²) in [4.78, 5) is 18.1. The van der Waals surface area contributed by atoms with Gasteiger partial charge in [0.1, 0.15) is 0 Å². The van der Waals surface area contributed by atoms with Crippen LogP contribution in [0.1, 0.15) is 105 Å². The van der Waals surface area contributed by atoms with E-state index in [4.69, 9.17) is 0 Å². The van der Waals surface area contributed by atoms with Gasteiger partial charge in [0, 0.05) is 75.4 Å². The van der Waals surface area contributed by atoms with E-state index in [1.165, 1.54) is 128 Å². The molecule has 0 saturated carbocycles. The van der Waals surface area contributed by atoms with Crippen LogP contribution in [-0.4, -0.2) is 55.3 Å². The van der Waals surface area contributed by atoms with E-state index >= 15 is 0 Å². The topological polar surface area (TPSA) is 21.1 Å². The number of aromatic nitrogens is 2. The Morgan fingerprint density at radius 3 is 1.17 bits per heavy atom. The average molecular weight is 1700 g/mol. The Kier molecular flexibility index (Phi) is 42.4. The molecule has 1 aliphatic rings. The third-order valence-corrected chi connectivity index (χ3v) is 22.1. The quantitative estimate of drug-likeness (QED) is 0.0999. The zero-order chi connectivity index (χ0) is 83.0. The number of pyridine rings is 1. The fourth-order valence-corrected chi connectivity index (χ4v) is 14.4. The average Bonchev–Trinajstić information content (AvgIpc) is 1.62. The summed E-state index contributed by atoms with van der Waals surface area (Å²) >= 11 is 9.75. The largest absolute Gasteiger partial charge is 0.265 e. The van der Waals surface area contributed by atoms with Gasteiger partial charge in [-0.3, -0.25) is 4.98 Å². The van der Waals surface area contributed by atoms with Gasteiger partial charge in [0.15, 0.2) is 0 Å².